The van der Waals surface area contributed by atoms with Gasteiger partial charge in [0.25, 0.3) is 0 Å². The molecule has 1 N–H and O–H groups in total. The minimum absolute atomic E-state index is 0.0828. The van der Waals surface area contributed by atoms with E-state index in [1.54, 1.807) is 0 Å². The Morgan fingerprint density at radius 1 is 0.439 bits per heavy atom. The molecule has 1 atom stereocenters. The molecule has 246 valence electrons. The largest absolute Gasteiger partial charge is 0.394 e. The van der Waals surface area contributed by atoms with E-state index in [2.05, 4.69) is 13.8 Å². The maximum Gasteiger partial charge on any atom is 0.169 e. The van der Waals surface area contributed by atoms with E-state index in [1.807, 2.05) is 0 Å². The molecule has 0 aromatic rings. The number of aliphatic hydroxyl groups is 1. The Morgan fingerprint density at radius 3 is 0.951 bits per heavy atom. The number of hydrogen-bond acceptors (Lipinski definition) is 3. The fourth-order valence-electron chi connectivity index (χ4n) is 6.63. The summed E-state index contributed by atoms with van der Waals surface area (Å²) in [5.74, 6) is -0.416. The highest BCUT2D eigenvalue weighted by Crippen LogP contribution is 2.34. The van der Waals surface area contributed by atoms with Crippen molar-refractivity contribution in [3.8, 4) is 0 Å². The lowest BCUT2D eigenvalue weighted by Crippen LogP contribution is -2.31. The molecule has 1 aliphatic heterocycles. The second-order valence-electron chi connectivity index (χ2n) is 13.5. The Labute approximate surface area is 258 Å². The molecule has 1 fully saturated rings. The zero-order valence-electron chi connectivity index (χ0n) is 28.4. The maximum absolute atomic E-state index is 9.60. The fourth-order valence-corrected chi connectivity index (χ4v) is 6.63. The first-order valence-corrected chi connectivity index (χ1v) is 19.2. The van der Waals surface area contributed by atoms with Crippen LogP contribution >= 0.6 is 0 Å². The third kappa shape index (κ3) is 24.0. The smallest absolute Gasteiger partial charge is 0.169 e. The van der Waals surface area contributed by atoms with Crippen molar-refractivity contribution < 1.29 is 14.6 Å². The summed E-state index contributed by atoms with van der Waals surface area (Å²) in [5, 5.41) is 9.60. The zero-order chi connectivity index (χ0) is 29.5. The minimum atomic E-state index is -0.416. The summed E-state index contributed by atoms with van der Waals surface area (Å²) < 4.78 is 12.5. The van der Waals surface area contributed by atoms with Crippen LogP contribution in [0.25, 0.3) is 0 Å². The molecule has 41 heavy (non-hydrogen) atoms. The maximum atomic E-state index is 9.60. The topological polar surface area (TPSA) is 38.7 Å². The van der Waals surface area contributed by atoms with Crippen LogP contribution in [0.4, 0.5) is 0 Å². The van der Waals surface area contributed by atoms with Gasteiger partial charge in [-0.1, -0.05) is 194 Å². The van der Waals surface area contributed by atoms with Crippen molar-refractivity contribution >= 4 is 0 Å². The van der Waals surface area contributed by atoms with Gasteiger partial charge in [-0.2, -0.15) is 0 Å². The average Bonchev–Trinajstić information content (AvgIpc) is 3.40. The first-order chi connectivity index (χ1) is 20.3. The van der Waals surface area contributed by atoms with Crippen molar-refractivity contribution in [2.24, 2.45) is 0 Å². The number of ether oxygens (including phenoxy) is 2. The Bertz CT molecular complexity index is 474. The molecule has 1 saturated heterocycles. The van der Waals surface area contributed by atoms with Crippen LogP contribution in [0.3, 0.4) is 0 Å². The Morgan fingerprint density at radius 2 is 0.707 bits per heavy atom. The number of unbranched alkanes of at least 4 members (excludes halogenated alkanes) is 28. The highest BCUT2D eigenvalue weighted by molar-refractivity contribution is 4.79. The van der Waals surface area contributed by atoms with Gasteiger partial charge in [0.05, 0.1) is 13.2 Å². The van der Waals surface area contributed by atoms with Gasteiger partial charge in [0.15, 0.2) is 5.79 Å². The molecule has 1 unspecified atom stereocenters. The zero-order valence-corrected chi connectivity index (χ0v) is 28.4. The van der Waals surface area contributed by atoms with Gasteiger partial charge < -0.3 is 14.6 Å². The molecule has 1 rings (SSSR count). The van der Waals surface area contributed by atoms with Crippen molar-refractivity contribution in [1.82, 2.24) is 0 Å². The van der Waals surface area contributed by atoms with Gasteiger partial charge in [0, 0.05) is 12.8 Å². The van der Waals surface area contributed by atoms with Crippen LogP contribution in [0.2, 0.25) is 0 Å². The quantitative estimate of drug-likeness (QED) is 0.0784. The van der Waals surface area contributed by atoms with Crippen LogP contribution in [-0.2, 0) is 9.47 Å². The third-order valence-electron chi connectivity index (χ3n) is 9.44. The molecule has 3 nitrogen and oxygen atoms in total. The van der Waals surface area contributed by atoms with Crippen molar-refractivity contribution in [3.63, 3.8) is 0 Å². The Kier molecular flexibility index (Phi) is 28.4. The van der Waals surface area contributed by atoms with Gasteiger partial charge >= 0.3 is 0 Å². The molecular formula is C38H76O3. The van der Waals surface area contributed by atoms with Crippen LogP contribution in [-0.4, -0.2) is 30.2 Å². The van der Waals surface area contributed by atoms with Gasteiger partial charge in [-0.25, -0.2) is 0 Å². The standard InChI is InChI=1S/C38H76O3/c1-3-5-7-9-11-13-15-17-19-21-23-25-27-29-31-33-38(40-36-37(35-39)41-38)34-32-30-28-26-24-22-20-18-16-14-12-10-8-6-4-2/h37,39H,3-36H2,1-2H3. The lowest BCUT2D eigenvalue weighted by molar-refractivity contribution is -0.182. The summed E-state index contributed by atoms with van der Waals surface area (Å²) >= 11 is 0. The predicted octanol–water partition coefficient (Wildman–Crippen LogP) is 12.6. The highest BCUT2D eigenvalue weighted by Gasteiger charge is 2.40. The molecule has 0 amide bonds. The third-order valence-corrected chi connectivity index (χ3v) is 9.44. The number of rotatable bonds is 33. The van der Waals surface area contributed by atoms with Gasteiger partial charge in [0.2, 0.25) is 0 Å². The van der Waals surface area contributed by atoms with Crippen molar-refractivity contribution in [3.05, 3.63) is 0 Å². The van der Waals surface area contributed by atoms with Crippen molar-refractivity contribution in [2.75, 3.05) is 13.2 Å². The van der Waals surface area contributed by atoms with Crippen LogP contribution in [0.5, 0.6) is 0 Å². The SMILES string of the molecule is CCCCCCCCCCCCCCCCCC1(CCCCCCCCCCCCCCCCC)OCC(CO)O1. The summed E-state index contributed by atoms with van der Waals surface area (Å²) in [6.07, 6.45) is 43.7. The van der Waals surface area contributed by atoms with E-state index >= 15 is 0 Å². The Hall–Kier alpha value is -0.120. The van der Waals surface area contributed by atoms with E-state index < -0.39 is 5.79 Å². The number of hydrogen-bond donors (Lipinski definition) is 1. The van der Waals surface area contributed by atoms with Crippen LogP contribution in [0.1, 0.15) is 219 Å². The second-order valence-corrected chi connectivity index (χ2v) is 13.5. The minimum Gasteiger partial charge on any atom is -0.394 e. The van der Waals surface area contributed by atoms with Gasteiger partial charge in [-0.15, -0.1) is 0 Å². The van der Waals surface area contributed by atoms with Crippen LogP contribution < -0.4 is 0 Å². The molecule has 0 aliphatic carbocycles. The average molecular weight is 581 g/mol. The van der Waals surface area contributed by atoms with E-state index in [0.29, 0.717) is 6.61 Å². The van der Waals surface area contributed by atoms with Crippen LogP contribution in [0.15, 0.2) is 0 Å². The van der Waals surface area contributed by atoms with E-state index in [0.717, 1.165) is 12.8 Å². The molecule has 0 radical (unpaired) electrons. The molecule has 1 aliphatic rings. The first kappa shape index (κ1) is 38.9. The lowest BCUT2D eigenvalue weighted by Gasteiger charge is -2.28. The molecule has 0 bridgehead atoms. The van der Waals surface area contributed by atoms with E-state index in [-0.39, 0.29) is 12.7 Å². The highest BCUT2D eigenvalue weighted by atomic mass is 16.7. The van der Waals surface area contributed by atoms with Crippen LogP contribution in [0, 0.1) is 0 Å². The molecule has 0 aromatic heterocycles. The summed E-state index contributed by atoms with van der Waals surface area (Å²) in [7, 11) is 0. The van der Waals surface area contributed by atoms with E-state index in [9.17, 15) is 5.11 Å². The van der Waals surface area contributed by atoms with Crippen molar-refractivity contribution in [1.29, 1.82) is 0 Å². The lowest BCUT2D eigenvalue weighted by atomic mass is 9.98. The van der Waals surface area contributed by atoms with E-state index in [4.69, 9.17) is 9.47 Å². The molecule has 0 aromatic carbocycles. The predicted molar refractivity (Wildman–Crippen MR) is 180 cm³/mol. The first-order valence-electron chi connectivity index (χ1n) is 19.2. The molecular weight excluding hydrogens is 504 g/mol. The fraction of sp³-hybridized carbons (Fsp3) is 1.00. The summed E-state index contributed by atoms with van der Waals surface area (Å²) in [4.78, 5) is 0. The molecule has 3 heteroatoms. The normalized spacial score (nSPS) is 16.6. The number of aliphatic hydroxyl groups excluding tert-OH is 1. The Balaban J connectivity index is 1.97. The monoisotopic (exact) mass is 581 g/mol. The van der Waals surface area contributed by atoms with E-state index in [1.165, 1.54) is 193 Å². The van der Waals surface area contributed by atoms with Crippen molar-refractivity contribution in [2.45, 2.75) is 231 Å². The van der Waals surface area contributed by atoms with Gasteiger partial charge in [0.1, 0.15) is 6.10 Å². The molecule has 0 spiro atoms. The summed E-state index contributed by atoms with van der Waals surface area (Å²) in [6.45, 7) is 5.24. The summed E-state index contributed by atoms with van der Waals surface area (Å²) in [5.41, 5.74) is 0. The van der Waals surface area contributed by atoms with Gasteiger partial charge in [-0.3, -0.25) is 0 Å². The van der Waals surface area contributed by atoms with Gasteiger partial charge in [-0.05, 0) is 12.8 Å². The second kappa shape index (κ2) is 29.9. The molecule has 0 saturated carbocycles. The molecule has 1 heterocycles. The summed E-state index contributed by atoms with van der Waals surface area (Å²) in [6, 6.07) is 0.